The van der Waals surface area contributed by atoms with Crippen molar-refractivity contribution in [3.8, 4) is 0 Å². The first-order valence-corrected chi connectivity index (χ1v) is 15.4. The highest BCUT2D eigenvalue weighted by molar-refractivity contribution is 5.77. The van der Waals surface area contributed by atoms with E-state index in [4.69, 9.17) is 9.47 Å². The smallest absolute Gasteiger partial charge is 0.306 e. The topological polar surface area (TPSA) is 52.6 Å². The Hall–Kier alpha value is -1.32. The Kier molecular flexibility index (Phi) is 25.8. The summed E-state index contributed by atoms with van der Waals surface area (Å²) in [6.07, 6.45) is 26.8. The van der Waals surface area contributed by atoms with Crippen molar-refractivity contribution >= 4 is 11.9 Å². The zero-order chi connectivity index (χ0) is 26.7. The van der Waals surface area contributed by atoms with E-state index < -0.39 is 0 Å². The molecule has 0 heterocycles. The largest absolute Gasteiger partial charge is 0.466 e. The van der Waals surface area contributed by atoms with E-state index in [-0.39, 0.29) is 24.8 Å². The third kappa shape index (κ3) is 27.3. The molecule has 0 aromatic rings. The molecular weight excluding hydrogens is 448 g/mol. The number of unbranched alkanes of at least 4 members (excludes halogenated alkanes) is 15. The minimum absolute atomic E-state index is 0.115. The van der Waals surface area contributed by atoms with Gasteiger partial charge in [0.1, 0.15) is 0 Å². The Morgan fingerprint density at radius 3 is 1.47 bits per heavy atom. The zero-order valence-corrected chi connectivity index (χ0v) is 24.6. The summed E-state index contributed by atoms with van der Waals surface area (Å²) in [5.41, 5.74) is 1.34. The van der Waals surface area contributed by atoms with E-state index in [9.17, 15) is 9.59 Å². The first-order chi connectivity index (χ1) is 17.5. The number of carbonyl (C=O) groups is 2. The molecule has 4 heteroatoms. The van der Waals surface area contributed by atoms with Crippen LogP contribution in [0.5, 0.6) is 0 Å². The van der Waals surface area contributed by atoms with Crippen LogP contribution >= 0.6 is 0 Å². The van der Waals surface area contributed by atoms with Gasteiger partial charge in [-0.2, -0.15) is 0 Å². The second kappa shape index (κ2) is 26.7. The summed E-state index contributed by atoms with van der Waals surface area (Å²) in [7, 11) is 0. The van der Waals surface area contributed by atoms with Gasteiger partial charge in [-0.15, -0.1) is 0 Å². The molecule has 0 radical (unpaired) electrons. The van der Waals surface area contributed by atoms with E-state index in [1.54, 1.807) is 0 Å². The van der Waals surface area contributed by atoms with Gasteiger partial charge in [0, 0.05) is 0 Å². The Labute approximate surface area is 224 Å². The van der Waals surface area contributed by atoms with E-state index in [1.165, 1.54) is 95.5 Å². The first-order valence-electron chi connectivity index (χ1n) is 15.4. The number of rotatable bonds is 26. The molecule has 0 aromatic carbocycles. The maximum Gasteiger partial charge on any atom is 0.306 e. The fraction of sp³-hybridized carbons (Fsp3) is 0.875. The molecule has 0 spiro atoms. The van der Waals surface area contributed by atoms with Crippen LogP contribution in [0, 0.1) is 5.92 Å². The Balaban J connectivity index is 3.37. The van der Waals surface area contributed by atoms with Gasteiger partial charge in [0.05, 0.1) is 26.1 Å². The normalized spacial score (nSPS) is 11.8. The van der Waals surface area contributed by atoms with Crippen LogP contribution in [0.15, 0.2) is 11.6 Å². The second-order valence-electron chi connectivity index (χ2n) is 11.0. The molecule has 0 amide bonds. The first kappa shape index (κ1) is 34.7. The molecule has 0 fully saturated rings. The lowest BCUT2D eigenvalue weighted by molar-refractivity contribution is -0.150. The Bertz CT molecular complexity index is 536. The van der Waals surface area contributed by atoms with Gasteiger partial charge in [0.2, 0.25) is 0 Å². The van der Waals surface area contributed by atoms with Crippen molar-refractivity contribution in [2.24, 2.45) is 5.92 Å². The SMILES string of the molecule is CCCCCCCCCCCCCCCCCCOC(=O)CCC(=O)OCCC(C)CCC=C(C)C. The van der Waals surface area contributed by atoms with Crippen LogP contribution < -0.4 is 0 Å². The molecular formula is C32H60O4. The molecule has 1 unspecified atom stereocenters. The molecule has 0 rings (SSSR count). The van der Waals surface area contributed by atoms with Crippen molar-refractivity contribution < 1.29 is 19.1 Å². The van der Waals surface area contributed by atoms with Crippen LogP contribution in [0.25, 0.3) is 0 Å². The lowest BCUT2D eigenvalue weighted by atomic mass is 10.0. The summed E-state index contributed by atoms with van der Waals surface area (Å²) in [4.78, 5) is 23.7. The summed E-state index contributed by atoms with van der Waals surface area (Å²) >= 11 is 0. The number of ether oxygens (including phenoxy) is 2. The van der Waals surface area contributed by atoms with Crippen molar-refractivity contribution in [3.63, 3.8) is 0 Å². The van der Waals surface area contributed by atoms with Crippen LogP contribution in [0.3, 0.4) is 0 Å². The minimum atomic E-state index is -0.300. The molecule has 0 saturated heterocycles. The fourth-order valence-electron chi connectivity index (χ4n) is 4.36. The molecule has 212 valence electrons. The predicted molar refractivity (Wildman–Crippen MR) is 153 cm³/mol. The standard InChI is InChI=1S/C32H60O4/c1-5-6-7-8-9-10-11-12-13-14-15-16-17-18-19-20-27-35-31(33)24-25-32(34)36-28-26-30(4)23-21-22-29(2)3/h22,30H,5-21,23-28H2,1-4H3. The number of allylic oxidation sites excluding steroid dienone is 2. The van der Waals surface area contributed by atoms with E-state index >= 15 is 0 Å². The van der Waals surface area contributed by atoms with Gasteiger partial charge in [-0.05, 0) is 45.4 Å². The Morgan fingerprint density at radius 1 is 0.611 bits per heavy atom. The molecule has 0 aliphatic rings. The zero-order valence-electron chi connectivity index (χ0n) is 24.6. The van der Waals surface area contributed by atoms with Crippen molar-refractivity contribution in [2.45, 2.75) is 163 Å². The van der Waals surface area contributed by atoms with Gasteiger partial charge in [-0.1, -0.05) is 122 Å². The van der Waals surface area contributed by atoms with Crippen LogP contribution in [-0.4, -0.2) is 25.2 Å². The predicted octanol–water partition coefficient (Wildman–Crippen LogP) is 9.89. The fourth-order valence-corrected chi connectivity index (χ4v) is 4.36. The summed E-state index contributed by atoms with van der Waals surface area (Å²) in [6, 6.07) is 0. The molecule has 1 atom stereocenters. The highest BCUT2D eigenvalue weighted by Crippen LogP contribution is 2.14. The Morgan fingerprint density at radius 2 is 1.03 bits per heavy atom. The summed E-state index contributed by atoms with van der Waals surface area (Å²) in [5.74, 6) is -0.0630. The van der Waals surface area contributed by atoms with Crippen LogP contribution in [0.2, 0.25) is 0 Å². The van der Waals surface area contributed by atoms with Gasteiger partial charge < -0.3 is 9.47 Å². The maximum absolute atomic E-state index is 11.8. The highest BCUT2D eigenvalue weighted by Gasteiger charge is 2.10. The van der Waals surface area contributed by atoms with Crippen molar-refractivity contribution in [2.75, 3.05) is 13.2 Å². The summed E-state index contributed by atoms with van der Waals surface area (Å²) in [5, 5.41) is 0. The molecule has 4 nitrogen and oxygen atoms in total. The van der Waals surface area contributed by atoms with Gasteiger partial charge in [-0.25, -0.2) is 0 Å². The maximum atomic E-state index is 11.8. The lowest BCUT2D eigenvalue weighted by Crippen LogP contribution is -2.12. The molecule has 0 N–H and O–H groups in total. The number of hydrogen-bond donors (Lipinski definition) is 0. The van der Waals surface area contributed by atoms with E-state index in [1.807, 2.05) is 0 Å². The quantitative estimate of drug-likeness (QED) is 0.0662. The molecule has 36 heavy (non-hydrogen) atoms. The summed E-state index contributed by atoms with van der Waals surface area (Å²) in [6.45, 7) is 9.58. The van der Waals surface area contributed by atoms with Crippen molar-refractivity contribution in [1.82, 2.24) is 0 Å². The van der Waals surface area contributed by atoms with Crippen LogP contribution in [0.1, 0.15) is 163 Å². The average Bonchev–Trinajstić information content (AvgIpc) is 2.84. The summed E-state index contributed by atoms with van der Waals surface area (Å²) < 4.78 is 10.5. The average molecular weight is 509 g/mol. The third-order valence-corrected chi connectivity index (χ3v) is 6.88. The van der Waals surface area contributed by atoms with Crippen molar-refractivity contribution in [1.29, 1.82) is 0 Å². The molecule has 0 aliphatic carbocycles. The van der Waals surface area contributed by atoms with Crippen molar-refractivity contribution in [3.05, 3.63) is 11.6 Å². The molecule has 0 bridgehead atoms. The highest BCUT2D eigenvalue weighted by atomic mass is 16.5. The monoisotopic (exact) mass is 508 g/mol. The minimum Gasteiger partial charge on any atom is -0.466 e. The van der Waals surface area contributed by atoms with Gasteiger partial charge in [0.15, 0.2) is 0 Å². The van der Waals surface area contributed by atoms with Gasteiger partial charge in [-0.3, -0.25) is 9.59 Å². The van der Waals surface area contributed by atoms with E-state index in [2.05, 4.69) is 33.8 Å². The number of carbonyl (C=O) groups excluding carboxylic acids is 2. The van der Waals surface area contributed by atoms with Crippen LogP contribution in [-0.2, 0) is 19.1 Å². The number of hydrogen-bond acceptors (Lipinski definition) is 4. The second-order valence-corrected chi connectivity index (χ2v) is 11.0. The van der Waals surface area contributed by atoms with E-state index in [0.717, 1.165) is 32.1 Å². The lowest BCUT2D eigenvalue weighted by Gasteiger charge is -2.10. The van der Waals surface area contributed by atoms with Gasteiger partial charge in [0.25, 0.3) is 0 Å². The van der Waals surface area contributed by atoms with E-state index in [0.29, 0.717) is 19.1 Å². The molecule has 0 aromatic heterocycles. The molecule has 0 saturated carbocycles. The molecule has 0 aliphatic heterocycles. The van der Waals surface area contributed by atoms with Gasteiger partial charge >= 0.3 is 11.9 Å². The third-order valence-electron chi connectivity index (χ3n) is 6.88. The number of esters is 2. The van der Waals surface area contributed by atoms with Crippen LogP contribution in [0.4, 0.5) is 0 Å².